The molecule has 0 rings (SSSR count). The van der Waals surface area contributed by atoms with E-state index < -0.39 is 5.97 Å². The Hall–Kier alpha value is -1.14. The molecular formula is C13H26N2O4. The molecule has 0 radical (unpaired) electrons. The maximum Gasteiger partial charge on any atom is 0.303 e. The summed E-state index contributed by atoms with van der Waals surface area (Å²) in [5.74, 6) is -0.880. The first kappa shape index (κ1) is 17.9. The Morgan fingerprint density at radius 2 is 2.00 bits per heavy atom. The highest BCUT2D eigenvalue weighted by atomic mass is 16.5. The Labute approximate surface area is 114 Å². The summed E-state index contributed by atoms with van der Waals surface area (Å²) in [6.45, 7) is 4.85. The highest BCUT2D eigenvalue weighted by Crippen LogP contribution is 2.25. The van der Waals surface area contributed by atoms with Crippen LogP contribution in [-0.2, 0) is 14.3 Å². The Morgan fingerprint density at radius 3 is 2.47 bits per heavy atom. The number of hydrogen-bond acceptors (Lipinski definition) is 4. The van der Waals surface area contributed by atoms with Crippen LogP contribution >= 0.6 is 0 Å². The summed E-state index contributed by atoms with van der Waals surface area (Å²) in [7, 11) is 1.53. The largest absolute Gasteiger partial charge is 0.481 e. The number of carbonyl (C=O) groups is 2. The van der Waals surface area contributed by atoms with Crippen LogP contribution in [0, 0.1) is 5.41 Å². The second-order valence-electron chi connectivity index (χ2n) is 5.46. The van der Waals surface area contributed by atoms with Crippen molar-refractivity contribution in [2.24, 2.45) is 11.1 Å². The molecule has 0 heterocycles. The van der Waals surface area contributed by atoms with Gasteiger partial charge in [-0.25, -0.2) is 0 Å². The van der Waals surface area contributed by atoms with Gasteiger partial charge in [0.25, 0.3) is 0 Å². The van der Waals surface area contributed by atoms with Crippen LogP contribution in [0.25, 0.3) is 0 Å². The van der Waals surface area contributed by atoms with Crippen LogP contribution in [0.15, 0.2) is 0 Å². The van der Waals surface area contributed by atoms with Crippen molar-refractivity contribution < 1.29 is 19.4 Å². The lowest BCUT2D eigenvalue weighted by Crippen LogP contribution is -2.34. The summed E-state index contributed by atoms with van der Waals surface area (Å²) < 4.78 is 5.03. The second-order valence-corrected chi connectivity index (χ2v) is 5.46. The molecule has 4 N–H and O–H groups in total. The van der Waals surface area contributed by atoms with Crippen LogP contribution in [0.5, 0.6) is 0 Å². The molecule has 0 aliphatic rings. The van der Waals surface area contributed by atoms with Gasteiger partial charge in [-0.1, -0.05) is 13.8 Å². The lowest BCUT2D eigenvalue weighted by molar-refractivity contribution is -0.137. The molecule has 1 unspecified atom stereocenters. The van der Waals surface area contributed by atoms with Crippen LogP contribution in [0.1, 0.15) is 39.5 Å². The topological polar surface area (TPSA) is 102 Å². The first-order valence-corrected chi connectivity index (χ1v) is 6.52. The summed E-state index contributed by atoms with van der Waals surface area (Å²) in [5, 5.41) is 11.5. The number of hydrogen-bond donors (Lipinski definition) is 3. The molecule has 1 amide bonds. The molecule has 0 aromatic rings. The molecule has 112 valence electrons. The first-order chi connectivity index (χ1) is 8.80. The molecule has 0 spiro atoms. The van der Waals surface area contributed by atoms with Crippen molar-refractivity contribution in [3.8, 4) is 0 Å². The molecule has 0 aliphatic carbocycles. The van der Waals surface area contributed by atoms with E-state index in [1.54, 1.807) is 0 Å². The number of methoxy groups -OCH3 is 1. The molecule has 19 heavy (non-hydrogen) atoms. The van der Waals surface area contributed by atoms with E-state index in [1.165, 1.54) is 7.11 Å². The monoisotopic (exact) mass is 274 g/mol. The summed E-state index contributed by atoms with van der Waals surface area (Å²) in [4.78, 5) is 22.1. The smallest absolute Gasteiger partial charge is 0.303 e. The standard InChI is InChI=1S/C13H26N2O4/c1-13(2,5-4-12(17)18)6-7-15-11(16)8-10(9-14)19-3/h10H,4-9,14H2,1-3H3,(H,15,16)(H,17,18). The molecule has 0 saturated carbocycles. The lowest BCUT2D eigenvalue weighted by Gasteiger charge is -2.24. The molecule has 0 aromatic carbocycles. The zero-order valence-corrected chi connectivity index (χ0v) is 12.1. The highest BCUT2D eigenvalue weighted by molar-refractivity contribution is 5.76. The third kappa shape index (κ3) is 9.44. The predicted molar refractivity (Wildman–Crippen MR) is 72.7 cm³/mol. The molecule has 0 aromatic heterocycles. The van der Waals surface area contributed by atoms with Crippen molar-refractivity contribution >= 4 is 11.9 Å². The second kappa shape index (κ2) is 8.87. The predicted octanol–water partition coefficient (Wildman–Crippen LogP) is 0.748. The Bertz CT molecular complexity index is 288. The first-order valence-electron chi connectivity index (χ1n) is 6.52. The fourth-order valence-corrected chi connectivity index (χ4v) is 1.65. The number of aliphatic carboxylic acids is 1. The maximum atomic E-state index is 11.6. The van der Waals surface area contributed by atoms with Crippen molar-refractivity contribution in [3.05, 3.63) is 0 Å². The molecule has 6 heteroatoms. The molecule has 0 saturated heterocycles. The van der Waals surface area contributed by atoms with E-state index in [-0.39, 0.29) is 30.3 Å². The summed E-state index contributed by atoms with van der Waals surface area (Å²) in [6, 6.07) is 0. The van der Waals surface area contributed by atoms with E-state index in [4.69, 9.17) is 15.6 Å². The molecular weight excluding hydrogens is 248 g/mol. The van der Waals surface area contributed by atoms with Gasteiger partial charge in [-0.2, -0.15) is 0 Å². The van der Waals surface area contributed by atoms with Gasteiger partial charge in [0.05, 0.1) is 12.5 Å². The van der Waals surface area contributed by atoms with Gasteiger partial charge < -0.3 is 20.9 Å². The number of amides is 1. The number of rotatable bonds is 10. The van der Waals surface area contributed by atoms with E-state index in [2.05, 4.69) is 5.32 Å². The minimum atomic E-state index is -0.789. The third-order valence-corrected chi connectivity index (χ3v) is 3.15. The van der Waals surface area contributed by atoms with Gasteiger partial charge in [0.1, 0.15) is 0 Å². The number of carboxylic acids is 1. The van der Waals surface area contributed by atoms with Crippen LogP contribution in [0.3, 0.4) is 0 Å². The summed E-state index contributed by atoms with van der Waals surface area (Å²) in [5.41, 5.74) is 5.34. The van der Waals surface area contributed by atoms with Crippen LogP contribution in [0.4, 0.5) is 0 Å². The van der Waals surface area contributed by atoms with Crippen molar-refractivity contribution in [2.45, 2.75) is 45.6 Å². The highest BCUT2D eigenvalue weighted by Gasteiger charge is 2.19. The maximum absolute atomic E-state index is 11.6. The van der Waals surface area contributed by atoms with Crippen LogP contribution in [-0.4, -0.2) is 43.3 Å². The fraction of sp³-hybridized carbons (Fsp3) is 0.846. The van der Waals surface area contributed by atoms with Gasteiger partial charge >= 0.3 is 5.97 Å². The molecule has 1 atom stereocenters. The quantitative estimate of drug-likeness (QED) is 0.545. The number of nitrogens with two attached hydrogens (primary N) is 1. The van der Waals surface area contributed by atoms with Crippen molar-refractivity contribution in [2.75, 3.05) is 20.2 Å². The Balaban J connectivity index is 3.88. The minimum Gasteiger partial charge on any atom is -0.481 e. The van der Waals surface area contributed by atoms with E-state index in [0.29, 0.717) is 19.5 Å². The zero-order chi connectivity index (χ0) is 14.9. The van der Waals surface area contributed by atoms with Gasteiger partial charge in [-0.3, -0.25) is 9.59 Å². The van der Waals surface area contributed by atoms with Crippen molar-refractivity contribution in [1.29, 1.82) is 0 Å². The van der Waals surface area contributed by atoms with E-state index in [0.717, 1.165) is 6.42 Å². The minimum absolute atomic E-state index is 0.0914. The molecule has 0 bridgehead atoms. The zero-order valence-electron chi connectivity index (χ0n) is 12.1. The fourth-order valence-electron chi connectivity index (χ4n) is 1.65. The third-order valence-electron chi connectivity index (χ3n) is 3.15. The molecule has 0 aliphatic heterocycles. The normalized spacial score (nSPS) is 13.1. The Morgan fingerprint density at radius 1 is 1.37 bits per heavy atom. The van der Waals surface area contributed by atoms with Gasteiger partial charge in [0, 0.05) is 26.6 Å². The van der Waals surface area contributed by atoms with Gasteiger partial charge in [0.2, 0.25) is 5.91 Å². The number of carbonyl (C=O) groups excluding carboxylic acids is 1. The van der Waals surface area contributed by atoms with Crippen LogP contribution < -0.4 is 11.1 Å². The van der Waals surface area contributed by atoms with Crippen LogP contribution in [0.2, 0.25) is 0 Å². The Kier molecular flexibility index (Phi) is 8.34. The average Bonchev–Trinajstić information content (AvgIpc) is 2.33. The molecule has 6 nitrogen and oxygen atoms in total. The SMILES string of the molecule is COC(CN)CC(=O)NCCC(C)(C)CCC(=O)O. The summed E-state index contributed by atoms with van der Waals surface area (Å²) in [6.07, 6.45) is 1.50. The van der Waals surface area contributed by atoms with E-state index in [1.807, 2.05) is 13.8 Å². The van der Waals surface area contributed by atoms with E-state index >= 15 is 0 Å². The van der Waals surface area contributed by atoms with Crippen molar-refractivity contribution in [1.82, 2.24) is 5.32 Å². The van der Waals surface area contributed by atoms with Gasteiger partial charge in [-0.15, -0.1) is 0 Å². The average molecular weight is 274 g/mol. The summed E-state index contributed by atoms with van der Waals surface area (Å²) >= 11 is 0. The van der Waals surface area contributed by atoms with Gasteiger partial charge in [0.15, 0.2) is 0 Å². The number of ether oxygens (including phenoxy) is 1. The molecule has 0 fully saturated rings. The van der Waals surface area contributed by atoms with Crippen molar-refractivity contribution in [3.63, 3.8) is 0 Å². The number of carboxylic acid groups (broad SMARTS) is 1. The number of nitrogens with one attached hydrogen (secondary N) is 1. The lowest BCUT2D eigenvalue weighted by atomic mass is 9.84. The van der Waals surface area contributed by atoms with Gasteiger partial charge in [-0.05, 0) is 18.3 Å². The van der Waals surface area contributed by atoms with E-state index in [9.17, 15) is 9.59 Å².